The Hall–Kier alpha value is -1.51. The third-order valence-electron chi connectivity index (χ3n) is 4.42. The van der Waals surface area contributed by atoms with Crippen molar-refractivity contribution in [2.24, 2.45) is 4.99 Å². The number of halogens is 1. The normalized spacial score (nSPS) is 20.7. The molecule has 0 radical (unpaired) electrons. The summed E-state index contributed by atoms with van der Waals surface area (Å²) >= 11 is 12.0. The van der Waals surface area contributed by atoms with Gasteiger partial charge in [-0.25, -0.2) is 0 Å². The van der Waals surface area contributed by atoms with Crippen molar-refractivity contribution in [3.05, 3.63) is 70.2 Å². The standard InChI is InChI=1S/C20H20ClNS/c1-3-11-20(2)18(23)12-15-9-10-16(21)13-17(15)19(22-20)14-7-5-4-6-8-14/h4-10,13H,3,11-12H2,1-2H3/t20-/m0/s1. The van der Waals surface area contributed by atoms with Crippen LogP contribution in [0.1, 0.15) is 43.4 Å². The molecule has 3 rings (SSSR count). The lowest BCUT2D eigenvalue weighted by molar-refractivity contribution is 0.565. The van der Waals surface area contributed by atoms with Crippen molar-refractivity contribution >= 4 is 34.4 Å². The van der Waals surface area contributed by atoms with Crippen LogP contribution in [0.15, 0.2) is 53.5 Å². The first-order chi connectivity index (χ1) is 11.0. The van der Waals surface area contributed by atoms with E-state index in [1.165, 1.54) is 5.56 Å². The van der Waals surface area contributed by atoms with Gasteiger partial charge < -0.3 is 0 Å². The van der Waals surface area contributed by atoms with Crippen molar-refractivity contribution in [3.63, 3.8) is 0 Å². The molecule has 0 unspecified atom stereocenters. The minimum absolute atomic E-state index is 0.305. The van der Waals surface area contributed by atoms with E-state index < -0.39 is 0 Å². The summed E-state index contributed by atoms with van der Waals surface area (Å²) < 4.78 is 0. The number of thiocarbonyl (C=S) groups is 1. The molecular weight excluding hydrogens is 322 g/mol. The van der Waals surface area contributed by atoms with Gasteiger partial charge in [-0.05, 0) is 31.0 Å². The highest BCUT2D eigenvalue weighted by Gasteiger charge is 2.32. The second-order valence-electron chi connectivity index (χ2n) is 6.25. The van der Waals surface area contributed by atoms with E-state index in [1.54, 1.807) is 0 Å². The van der Waals surface area contributed by atoms with Gasteiger partial charge in [-0.15, -0.1) is 0 Å². The Morgan fingerprint density at radius 3 is 2.61 bits per heavy atom. The lowest BCUT2D eigenvalue weighted by atomic mass is 9.90. The summed E-state index contributed by atoms with van der Waals surface area (Å²) in [6, 6.07) is 16.4. The van der Waals surface area contributed by atoms with Gasteiger partial charge in [-0.2, -0.15) is 0 Å². The first-order valence-electron chi connectivity index (χ1n) is 8.01. The summed E-state index contributed by atoms with van der Waals surface area (Å²) in [5, 5.41) is 0.734. The number of rotatable bonds is 3. The van der Waals surface area contributed by atoms with Crippen molar-refractivity contribution < 1.29 is 0 Å². The maximum absolute atomic E-state index is 6.26. The largest absolute Gasteiger partial charge is 0.272 e. The molecule has 1 aliphatic heterocycles. The highest BCUT2D eigenvalue weighted by molar-refractivity contribution is 7.80. The second kappa shape index (κ2) is 6.54. The summed E-state index contributed by atoms with van der Waals surface area (Å²) in [7, 11) is 0. The maximum atomic E-state index is 6.26. The predicted molar refractivity (Wildman–Crippen MR) is 103 cm³/mol. The van der Waals surface area contributed by atoms with Gasteiger partial charge in [-0.1, -0.05) is 73.6 Å². The van der Waals surface area contributed by atoms with Gasteiger partial charge in [-0.3, -0.25) is 4.99 Å². The first kappa shape index (κ1) is 16.4. The Balaban J connectivity index is 2.25. The van der Waals surface area contributed by atoms with Crippen LogP contribution < -0.4 is 0 Å². The molecule has 1 heterocycles. The van der Waals surface area contributed by atoms with E-state index in [0.29, 0.717) is 0 Å². The van der Waals surface area contributed by atoms with Crippen LogP contribution in [0.5, 0.6) is 0 Å². The number of fused-ring (bicyclic) bond motifs is 1. The molecule has 23 heavy (non-hydrogen) atoms. The summed E-state index contributed by atoms with van der Waals surface area (Å²) in [6.07, 6.45) is 2.79. The van der Waals surface area contributed by atoms with E-state index >= 15 is 0 Å². The van der Waals surface area contributed by atoms with Crippen LogP contribution in [0.4, 0.5) is 0 Å². The van der Waals surface area contributed by atoms with Crippen molar-refractivity contribution in [1.82, 2.24) is 0 Å². The molecule has 0 saturated heterocycles. The van der Waals surface area contributed by atoms with Crippen LogP contribution in [-0.4, -0.2) is 16.1 Å². The van der Waals surface area contributed by atoms with Crippen LogP contribution in [0.2, 0.25) is 5.02 Å². The lowest BCUT2D eigenvalue weighted by Gasteiger charge is -2.25. The molecule has 0 aromatic heterocycles. The zero-order chi connectivity index (χ0) is 16.4. The topological polar surface area (TPSA) is 12.4 Å². The van der Waals surface area contributed by atoms with Crippen molar-refractivity contribution in [3.8, 4) is 0 Å². The number of nitrogens with zero attached hydrogens (tertiary/aromatic N) is 1. The van der Waals surface area contributed by atoms with Gasteiger partial charge in [0.25, 0.3) is 0 Å². The molecule has 0 spiro atoms. The van der Waals surface area contributed by atoms with Crippen LogP contribution in [0, 0.1) is 0 Å². The maximum Gasteiger partial charge on any atom is 0.0901 e. The van der Waals surface area contributed by atoms with E-state index in [-0.39, 0.29) is 5.54 Å². The number of hydrogen-bond acceptors (Lipinski definition) is 2. The molecule has 0 amide bonds. The molecule has 2 aromatic carbocycles. The summed E-state index contributed by atoms with van der Waals surface area (Å²) in [5.74, 6) is 0. The minimum atomic E-state index is -0.305. The SMILES string of the molecule is CCC[C@]1(C)N=C(c2ccccc2)c2cc(Cl)ccc2CC1=S. The average molecular weight is 342 g/mol. The Bertz CT molecular complexity index is 766. The van der Waals surface area contributed by atoms with E-state index in [4.69, 9.17) is 28.8 Å². The van der Waals surface area contributed by atoms with Crippen LogP contribution in [-0.2, 0) is 6.42 Å². The highest BCUT2D eigenvalue weighted by Crippen LogP contribution is 2.31. The fourth-order valence-corrected chi connectivity index (χ4v) is 3.63. The number of aliphatic imine (C=N–C) groups is 1. The molecule has 2 aromatic rings. The van der Waals surface area contributed by atoms with Crippen LogP contribution in [0.25, 0.3) is 0 Å². The van der Waals surface area contributed by atoms with E-state index in [0.717, 1.165) is 46.0 Å². The van der Waals surface area contributed by atoms with Gasteiger partial charge in [0.05, 0.1) is 11.3 Å². The fourth-order valence-electron chi connectivity index (χ4n) is 3.15. The summed E-state index contributed by atoms with van der Waals surface area (Å²) in [4.78, 5) is 6.16. The van der Waals surface area contributed by atoms with Crippen molar-refractivity contribution in [2.75, 3.05) is 0 Å². The molecule has 0 bridgehead atoms. The van der Waals surface area contributed by atoms with Gasteiger partial charge in [0.2, 0.25) is 0 Å². The average Bonchev–Trinajstić information content (AvgIpc) is 2.65. The third-order valence-corrected chi connectivity index (χ3v) is 5.24. The third kappa shape index (κ3) is 3.24. The molecule has 1 nitrogen and oxygen atoms in total. The molecular formula is C20H20ClNS. The van der Waals surface area contributed by atoms with Gasteiger partial charge in [0, 0.05) is 27.4 Å². The zero-order valence-corrected chi connectivity index (χ0v) is 15.0. The number of hydrogen-bond donors (Lipinski definition) is 0. The molecule has 118 valence electrons. The van der Waals surface area contributed by atoms with Crippen LogP contribution >= 0.6 is 23.8 Å². The quantitative estimate of drug-likeness (QED) is 0.656. The second-order valence-corrected chi connectivity index (χ2v) is 7.18. The molecule has 3 heteroatoms. The minimum Gasteiger partial charge on any atom is -0.272 e. The molecule has 0 saturated carbocycles. The first-order valence-corrected chi connectivity index (χ1v) is 8.79. The molecule has 1 aliphatic rings. The Kier molecular flexibility index (Phi) is 4.65. The predicted octanol–water partition coefficient (Wildman–Crippen LogP) is 5.66. The molecule has 0 N–H and O–H groups in total. The van der Waals surface area contributed by atoms with Crippen molar-refractivity contribution in [2.45, 2.75) is 38.6 Å². The monoisotopic (exact) mass is 341 g/mol. The smallest absolute Gasteiger partial charge is 0.0901 e. The Morgan fingerprint density at radius 1 is 1.17 bits per heavy atom. The fraction of sp³-hybridized carbons (Fsp3) is 0.300. The Labute approximate surface area is 148 Å². The van der Waals surface area contributed by atoms with Gasteiger partial charge in [0.15, 0.2) is 0 Å². The summed E-state index contributed by atoms with van der Waals surface area (Å²) in [6.45, 7) is 4.34. The molecule has 0 aliphatic carbocycles. The number of benzene rings is 2. The lowest BCUT2D eigenvalue weighted by Crippen LogP contribution is -2.33. The van der Waals surface area contributed by atoms with Gasteiger partial charge >= 0.3 is 0 Å². The zero-order valence-electron chi connectivity index (χ0n) is 13.5. The van der Waals surface area contributed by atoms with Gasteiger partial charge in [0.1, 0.15) is 0 Å². The molecule has 0 fully saturated rings. The Morgan fingerprint density at radius 2 is 1.91 bits per heavy atom. The van der Waals surface area contributed by atoms with E-state index in [9.17, 15) is 0 Å². The van der Waals surface area contributed by atoms with Crippen molar-refractivity contribution in [1.29, 1.82) is 0 Å². The highest BCUT2D eigenvalue weighted by atomic mass is 35.5. The van der Waals surface area contributed by atoms with E-state index in [1.807, 2.05) is 30.3 Å². The molecule has 1 atom stereocenters. The van der Waals surface area contributed by atoms with E-state index in [2.05, 4.69) is 32.0 Å². The van der Waals surface area contributed by atoms with Crippen LogP contribution in [0.3, 0.4) is 0 Å². The summed E-state index contributed by atoms with van der Waals surface area (Å²) in [5.41, 5.74) is 4.12.